The Labute approximate surface area is 258 Å². The molecule has 1 aliphatic rings. The number of methoxy groups -OCH3 is 1. The van der Waals surface area contributed by atoms with Crippen LogP contribution in [0.5, 0.6) is 5.75 Å². The van der Waals surface area contributed by atoms with Crippen LogP contribution in [-0.4, -0.2) is 71.2 Å². The molecule has 0 spiro atoms. The molecule has 0 unspecified atom stereocenters. The largest absolute Gasteiger partial charge is 0.494 e. The van der Waals surface area contributed by atoms with Gasteiger partial charge in [0.25, 0.3) is 0 Å². The Morgan fingerprint density at radius 3 is 2.53 bits per heavy atom. The number of benzene rings is 2. The van der Waals surface area contributed by atoms with Gasteiger partial charge >= 0.3 is 0 Å². The van der Waals surface area contributed by atoms with Crippen molar-refractivity contribution in [3.05, 3.63) is 65.8 Å². The zero-order valence-electron chi connectivity index (χ0n) is 24.3. The van der Waals surface area contributed by atoms with Crippen molar-refractivity contribution in [2.24, 2.45) is 7.05 Å². The van der Waals surface area contributed by atoms with Gasteiger partial charge < -0.3 is 34.1 Å². The SMILES string of the molecule is COc1cc(N2CCOCC2)c(-c2cn(C)cn2)cc1Nc1ncc(Br)c(Nc2cnc3ccccc3c2P(C)(C)=O)n1. The minimum absolute atomic E-state index is 0.349. The smallest absolute Gasteiger partial charge is 0.229 e. The molecule has 3 aromatic heterocycles. The molecule has 0 aliphatic carbocycles. The number of halogens is 1. The first-order chi connectivity index (χ1) is 20.7. The fourth-order valence-electron chi connectivity index (χ4n) is 5.22. The average Bonchev–Trinajstić information content (AvgIpc) is 3.44. The van der Waals surface area contributed by atoms with Crippen molar-refractivity contribution in [2.75, 3.05) is 62.3 Å². The van der Waals surface area contributed by atoms with Gasteiger partial charge in [0.2, 0.25) is 5.95 Å². The Kier molecular flexibility index (Phi) is 8.09. The van der Waals surface area contributed by atoms with Gasteiger partial charge in [0, 0.05) is 54.9 Å². The number of hydrogen-bond donors (Lipinski definition) is 2. The van der Waals surface area contributed by atoms with Crippen molar-refractivity contribution in [1.82, 2.24) is 24.5 Å². The third-order valence-corrected chi connectivity index (χ3v) is 9.32. The van der Waals surface area contributed by atoms with E-state index in [9.17, 15) is 4.57 Å². The Morgan fingerprint density at radius 2 is 1.81 bits per heavy atom. The number of para-hydroxylation sites is 1. The van der Waals surface area contributed by atoms with Crippen molar-refractivity contribution in [3.63, 3.8) is 0 Å². The van der Waals surface area contributed by atoms with Crippen LogP contribution >= 0.6 is 23.1 Å². The summed E-state index contributed by atoms with van der Waals surface area (Å²) in [5, 5.41) is 8.26. The number of pyridine rings is 1. The summed E-state index contributed by atoms with van der Waals surface area (Å²) in [6, 6.07) is 11.7. The fraction of sp³-hybridized carbons (Fsp3) is 0.267. The van der Waals surface area contributed by atoms with Gasteiger partial charge in [-0.3, -0.25) is 4.98 Å². The molecule has 2 aromatic carbocycles. The van der Waals surface area contributed by atoms with Crippen LogP contribution in [0, 0.1) is 0 Å². The fourth-order valence-corrected chi connectivity index (χ4v) is 6.97. The molecule has 11 nitrogen and oxygen atoms in total. The van der Waals surface area contributed by atoms with E-state index in [1.54, 1.807) is 39.2 Å². The molecule has 1 fully saturated rings. The molecule has 5 aromatic rings. The van der Waals surface area contributed by atoms with Crippen molar-refractivity contribution < 1.29 is 14.0 Å². The van der Waals surface area contributed by atoms with E-state index < -0.39 is 7.14 Å². The summed E-state index contributed by atoms with van der Waals surface area (Å²) in [5.74, 6) is 1.49. The minimum atomic E-state index is -2.69. The van der Waals surface area contributed by atoms with E-state index >= 15 is 0 Å². The maximum Gasteiger partial charge on any atom is 0.229 e. The number of aryl methyl sites for hydroxylation is 1. The summed E-state index contributed by atoms with van der Waals surface area (Å²) in [6.07, 6.45) is 7.14. The number of fused-ring (bicyclic) bond motifs is 1. The Hall–Kier alpha value is -3.99. The van der Waals surface area contributed by atoms with Gasteiger partial charge in [-0.15, -0.1) is 0 Å². The Bertz CT molecular complexity index is 1850. The topological polar surface area (TPSA) is 119 Å². The Morgan fingerprint density at radius 1 is 1.02 bits per heavy atom. The summed E-state index contributed by atoms with van der Waals surface area (Å²) in [5.41, 5.74) is 4.91. The molecule has 0 radical (unpaired) electrons. The highest BCUT2D eigenvalue weighted by Gasteiger charge is 2.23. The summed E-state index contributed by atoms with van der Waals surface area (Å²) in [4.78, 5) is 20.8. The van der Waals surface area contributed by atoms with Crippen LogP contribution < -0.4 is 25.6 Å². The lowest BCUT2D eigenvalue weighted by atomic mass is 10.1. The van der Waals surface area contributed by atoms with Gasteiger partial charge in [-0.2, -0.15) is 4.98 Å². The maximum atomic E-state index is 13.4. The van der Waals surface area contributed by atoms with Crippen LogP contribution in [0.15, 0.2) is 65.8 Å². The summed E-state index contributed by atoms with van der Waals surface area (Å²) >= 11 is 3.57. The molecular formula is C30H32BrN8O3P. The quantitative estimate of drug-likeness (QED) is 0.198. The monoisotopic (exact) mass is 662 g/mol. The molecule has 2 N–H and O–H groups in total. The van der Waals surface area contributed by atoms with Crippen LogP contribution in [0.4, 0.5) is 28.8 Å². The maximum absolute atomic E-state index is 13.4. The highest BCUT2D eigenvalue weighted by atomic mass is 79.9. The van der Waals surface area contributed by atoms with E-state index in [0.29, 0.717) is 46.6 Å². The molecule has 222 valence electrons. The predicted molar refractivity (Wildman–Crippen MR) is 175 cm³/mol. The first-order valence-corrected chi connectivity index (χ1v) is 17.1. The van der Waals surface area contributed by atoms with E-state index in [1.165, 1.54) is 0 Å². The number of rotatable bonds is 8. The number of nitrogens with one attached hydrogen (secondary N) is 2. The van der Waals surface area contributed by atoms with Gasteiger partial charge in [0.15, 0.2) is 0 Å². The molecule has 0 amide bonds. The molecule has 43 heavy (non-hydrogen) atoms. The molecule has 6 rings (SSSR count). The van der Waals surface area contributed by atoms with Gasteiger partial charge in [-0.05, 0) is 41.4 Å². The molecule has 0 atom stereocenters. The van der Waals surface area contributed by atoms with Crippen molar-refractivity contribution in [2.45, 2.75) is 0 Å². The predicted octanol–water partition coefficient (Wildman–Crippen LogP) is 5.77. The summed E-state index contributed by atoms with van der Waals surface area (Å²) in [7, 11) is 0.896. The van der Waals surface area contributed by atoms with E-state index in [4.69, 9.17) is 14.5 Å². The molecule has 1 aliphatic heterocycles. The van der Waals surface area contributed by atoms with Gasteiger partial charge in [-0.25, -0.2) is 9.97 Å². The molecule has 0 bridgehead atoms. The first-order valence-electron chi connectivity index (χ1n) is 13.7. The van der Waals surface area contributed by atoms with Crippen molar-refractivity contribution >= 4 is 68.1 Å². The molecule has 0 saturated carbocycles. The minimum Gasteiger partial charge on any atom is -0.494 e. The van der Waals surface area contributed by atoms with Crippen LogP contribution in [0.1, 0.15) is 0 Å². The summed E-state index contributed by atoms with van der Waals surface area (Å²) in [6.45, 7) is 6.38. The van der Waals surface area contributed by atoms with Crippen molar-refractivity contribution in [3.8, 4) is 17.0 Å². The lowest BCUT2D eigenvalue weighted by Crippen LogP contribution is -2.36. The second-order valence-corrected chi connectivity index (χ2v) is 14.6. The third kappa shape index (κ3) is 6.08. The molecule has 4 heterocycles. The first kappa shape index (κ1) is 29.1. The lowest BCUT2D eigenvalue weighted by molar-refractivity contribution is 0.122. The van der Waals surface area contributed by atoms with E-state index in [1.807, 2.05) is 54.2 Å². The molecular weight excluding hydrogens is 631 g/mol. The Balaban J connectivity index is 1.38. The standard InChI is InChI=1S/C30H32BrN8O3P/c1-38-17-25(34-18-38)20-13-23(27(41-2)14-26(20)39-9-11-42-12-10-39)36-30-33-15-21(31)29(37-30)35-24-16-32-22-8-6-5-7-19(22)28(24)43(3,4)40/h5-8,13-18H,9-12H2,1-4H3,(H2,33,35,36,37). The number of nitrogens with zero attached hydrogens (tertiary/aromatic N) is 6. The zero-order chi connectivity index (χ0) is 30.1. The van der Waals surface area contributed by atoms with Crippen LogP contribution in [-0.2, 0) is 16.3 Å². The second-order valence-electron chi connectivity index (χ2n) is 10.6. The van der Waals surface area contributed by atoms with E-state index in [2.05, 4.69) is 46.4 Å². The number of anilines is 5. The van der Waals surface area contributed by atoms with Gasteiger partial charge in [0.1, 0.15) is 18.7 Å². The van der Waals surface area contributed by atoms with E-state index in [0.717, 1.165) is 46.2 Å². The second kappa shape index (κ2) is 11.9. The normalized spacial score (nSPS) is 13.7. The zero-order valence-corrected chi connectivity index (χ0v) is 26.8. The lowest BCUT2D eigenvalue weighted by Gasteiger charge is -2.31. The highest BCUT2D eigenvalue weighted by molar-refractivity contribution is 9.10. The molecule has 13 heteroatoms. The van der Waals surface area contributed by atoms with Gasteiger partial charge in [0.05, 0.1) is 65.6 Å². The van der Waals surface area contributed by atoms with Crippen LogP contribution in [0.2, 0.25) is 0 Å². The number of hydrogen-bond acceptors (Lipinski definition) is 10. The third-order valence-electron chi connectivity index (χ3n) is 7.18. The number of ether oxygens (including phenoxy) is 2. The summed E-state index contributed by atoms with van der Waals surface area (Å²) < 4.78 is 27.4. The van der Waals surface area contributed by atoms with Crippen molar-refractivity contribution in [1.29, 1.82) is 0 Å². The van der Waals surface area contributed by atoms with Crippen LogP contribution in [0.25, 0.3) is 22.2 Å². The number of imidazole rings is 1. The average molecular weight is 664 g/mol. The highest BCUT2D eigenvalue weighted by Crippen LogP contribution is 2.42. The van der Waals surface area contributed by atoms with Gasteiger partial charge in [-0.1, -0.05) is 18.2 Å². The van der Waals surface area contributed by atoms with E-state index in [-0.39, 0.29) is 0 Å². The number of morpholine rings is 1. The number of aromatic nitrogens is 5. The van der Waals surface area contributed by atoms with Crippen LogP contribution in [0.3, 0.4) is 0 Å². The molecule has 1 saturated heterocycles.